The maximum absolute atomic E-state index is 9.98. The lowest BCUT2D eigenvalue weighted by Crippen LogP contribution is -2.02. The molecule has 0 bridgehead atoms. The first kappa shape index (κ1) is 10.7. The number of hydrogen-bond acceptors (Lipinski definition) is 2. The van der Waals surface area contributed by atoms with Crippen molar-refractivity contribution in [3.63, 3.8) is 0 Å². The molecule has 1 aliphatic carbocycles. The molecular weight excluding hydrogens is 260 g/mol. The molecule has 0 aromatic carbocycles. The van der Waals surface area contributed by atoms with Crippen LogP contribution in [0, 0.1) is 5.92 Å². The number of halogens is 1. The summed E-state index contributed by atoms with van der Waals surface area (Å²) in [5.41, 5.74) is 0. The Hall–Kier alpha value is 0.140. The summed E-state index contributed by atoms with van der Waals surface area (Å²) in [6, 6.07) is 4.03. The van der Waals surface area contributed by atoms with Crippen LogP contribution < -0.4 is 0 Å². The molecule has 0 aliphatic heterocycles. The van der Waals surface area contributed by atoms with Crippen molar-refractivity contribution >= 4 is 27.3 Å². The van der Waals surface area contributed by atoms with Crippen molar-refractivity contribution in [2.24, 2.45) is 5.92 Å². The molecule has 0 amide bonds. The topological polar surface area (TPSA) is 20.2 Å². The van der Waals surface area contributed by atoms with Gasteiger partial charge in [0.15, 0.2) is 0 Å². The van der Waals surface area contributed by atoms with Gasteiger partial charge in [0.25, 0.3) is 0 Å². The van der Waals surface area contributed by atoms with E-state index in [9.17, 15) is 5.11 Å². The summed E-state index contributed by atoms with van der Waals surface area (Å²) in [6.07, 6.45) is 6.03. The van der Waals surface area contributed by atoms with Gasteiger partial charge < -0.3 is 5.11 Å². The molecular formula is C11H15BrOS. The monoisotopic (exact) mass is 274 g/mol. The molecule has 1 aromatic heterocycles. The van der Waals surface area contributed by atoms with Crippen LogP contribution in [0.1, 0.15) is 43.1 Å². The van der Waals surface area contributed by atoms with Crippen molar-refractivity contribution in [2.45, 2.75) is 38.2 Å². The third-order valence-electron chi connectivity index (χ3n) is 2.95. The number of aliphatic hydroxyl groups excluding tert-OH is 1. The molecule has 1 aromatic rings. The van der Waals surface area contributed by atoms with E-state index in [1.54, 1.807) is 11.3 Å². The Morgan fingerprint density at radius 1 is 1.43 bits per heavy atom. The second-order valence-corrected chi connectivity index (χ2v) is 6.54. The third kappa shape index (κ3) is 2.59. The van der Waals surface area contributed by atoms with Crippen molar-refractivity contribution in [3.8, 4) is 0 Å². The van der Waals surface area contributed by atoms with Crippen LogP contribution in [0.2, 0.25) is 0 Å². The molecule has 1 heterocycles. The molecule has 1 saturated carbocycles. The fourth-order valence-corrected chi connectivity index (χ4v) is 3.61. The fourth-order valence-electron chi connectivity index (χ4n) is 2.19. The molecule has 14 heavy (non-hydrogen) atoms. The molecule has 1 aliphatic rings. The van der Waals surface area contributed by atoms with Crippen LogP contribution in [0.4, 0.5) is 0 Å². The van der Waals surface area contributed by atoms with E-state index in [0.29, 0.717) is 0 Å². The number of aliphatic hydroxyl groups is 1. The molecule has 1 unspecified atom stereocenters. The molecule has 3 heteroatoms. The van der Waals surface area contributed by atoms with Gasteiger partial charge in [-0.25, -0.2) is 0 Å². The summed E-state index contributed by atoms with van der Waals surface area (Å²) < 4.78 is 1.11. The summed E-state index contributed by atoms with van der Waals surface area (Å²) in [5, 5.41) is 9.98. The van der Waals surface area contributed by atoms with Crippen LogP contribution in [0.3, 0.4) is 0 Å². The number of hydrogen-bond donors (Lipinski definition) is 1. The van der Waals surface area contributed by atoms with E-state index in [1.165, 1.54) is 25.7 Å². The predicted molar refractivity (Wildman–Crippen MR) is 63.6 cm³/mol. The summed E-state index contributed by atoms with van der Waals surface area (Å²) in [6.45, 7) is 0. The molecule has 1 atom stereocenters. The molecule has 0 saturated heterocycles. The van der Waals surface area contributed by atoms with E-state index < -0.39 is 0 Å². The molecule has 78 valence electrons. The minimum atomic E-state index is -0.241. The predicted octanol–water partition coefficient (Wildman–Crippen LogP) is 4.12. The van der Waals surface area contributed by atoms with Crippen molar-refractivity contribution in [3.05, 3.63) is 20.8 Å². The maximum atomic E-state index is 9.98. The lowest BCUT2D eigenvalue weighted by molar-refractivity contribution is 0.148. The van der Waals surface area contributed by atoms with Crippen molar-refractivity contribution < 1.29 is 5.11 Å². The lowest BCUT2D eigenvalue weighted by atomic mass is 9.99. The zero-order chi connectivity index (χ0) is 9.97. The average molecular weight is 275 g/mol. The Morgan fingerprint density at radius 2 is 2.14 bits per heavy atom. The highest BCUT2D eigenvalue weighted by Crippen LogP contribution is 2.35. The Balaban J connectivity index is 1.91. The van der Waals surface area contributed by atoms with Crippen LogP contribution in [0.15, 0.2) is 15.9 Å². The van der Waals surface area contributed by atoms with Gasteiger partial charge in [-0.15, -0.1) is 11.3 Å². The van der Waals surface area contributed by atoms with Crippen LogP contribution >= 0.6 is 27.3 Å². The standard InChI is InChI=1S/C11H15BrOS/c12-11-6-5-10(14-11)9(13)7-8-3-1-2-4-8/h5-6,8-9,13H,1-4,7H2. The van der Waals surface area contributed by atoms with Gasteiger partial charge >= 0.3 is 0 Å². The van der Waals surface area contributed by atoms with Gasteiger partial charge in [0.05, 0.1) is 9.89 Å². The quantitative estimate of drug-likeness (QED) is 0.879. The molecule has 2 rings (SSSR count). The van der Waals surface area contributed by atoms with Gasteiger partial charge in [-0.1, -0.05) is 25.7 Å². The van der Waals surface area contributed by atoms with Gasteiger partial charge in [0.2, 0.25) is 0 Å². The van der Waals surface area contributed by atoms with Crippen LogP contribution in [0.5, 0.6) is 0 Å². The number of rotatable bonds is 3. The summed E-state index contributed by atoms with van der Waals surface area (Å²) >= 11 is 5.07. The first-order valence-electron chi connectivity index (χ1n) is 5.19. The van der Waals surface area contributed by atoms with E-state index in [1.807, 2.05) is 12.1 Å². The maximum Gasteiger partial charge on any atom is 0.0885 e. The van der Waals surface area contributed by atoms with E-state index in [0.717, 1.165) is 21.0 Å². The van der Waals surface area contributed by atoms with Gasteiger partial charge in [-0.05, 0) is 40.4 Å². The average Bonchev–Trinajstić information content (AvgIpc) is 2.75. The van der Waals surface area contributed by atoms with Crippen LogP contribution in [0.25, 0.3) is 0 Å². The Morgan fingerprint density at radius 3 is 2.71 bits per heavy atom. The lowest BCUT2D eigenvalue weighted by Gasteiger charge is -2.13. The highest BCUT2D eigenvalue weighted by Gasteiger charge is 2.20. The zero-order valence-electron chi connectivity index (χ0n) is 8.08. The molecule has 1 N–H and O–H groups in total. The minimum absolute atomic E-state index is 0.241. The van der Waals surface area contributed by atoms with Crippen LogP contribution in [-0.4, -0.2) is 5.11 Å². The minimum Gasteiger partial charge on any atom is -0.388 e. The summed E-state index contributed by atoms with van der Waals surface area (Å²) in [5.74, 6) is 0.755. The molecule has 0 spiro atoms. The second kappa shape index (κ2) is 4.77. The van der Waals surface area contributed by atoms with E-state index >= 15 is 0 Å². The van der Waals surface area contributed by atoms with E-state index in [4.69, 9.17) is 0 Å². The van der Waals surface area contributed by atoms with Gasteiger partial charge in [0, 0.05) is 4.88 Å². The van der Waals surface area contributed by atoms with Crippen molar-refractivity contribution in [2.75, 3.05) is 0 Å². The van der Waals surface area contributed by atoms with Crippen molar-refractivity contribution in [1.82, 2.24) is 0 Å². The van der Waals surface area contributed by atoms with Crippen molar-refractivity contribution in [1.29, 1.82) is 0 Å². The first-order chi connectivity index (χ1) is 6.75. The van der Waals surface area contributed by atoms with Gasteiger partial charge in [-0.2, -0.15) is 0 Å². The highest BCUT2D eigenvalue weighted by atomic mass is 79.9. The van der Waals surface area contributed by atoms with E-state index in [-0.39, 0.29) is 6.10 Å². The SMILES string of the molecule is OC(CC1CCCC1)c1ccc(Br)s1. The Kier molecular flexibility index (Phi) is 3.63. The molecule has 1 nitrogen and oxygen atoms in total. The largest absolute Gasteiger partial charge is 0.388 e. The first-order valence-corrected chi connectivity index (χ1v) is 6.80. The normalized spacial score (nSPS) is 20.1. The molecule has 0 radical (unpaired) electrons. The number of thiophene rings is 1. The zero-order valence-corrected chi connectivity index (χ0v) is 10.5. The third-order valence-corrected chi connectivity index (χ3v) is 4.68. The Labute approximate surface area is 97.3 Å². The van der Waals surface area contributed by atoms with Gasteiger partial charge in [-0.3, -0.25) is 0 Å². The second-order valence-electron chi connectivity index (χ2n) is 4.04. The highest BCUT2D eigenvalue weighted by molar-refractivity contribution is 9.11. The Bertz CT molecular complexity index is 291. The summed E-state index contributed by atoms with van der Waals surface area (Å²) in [7, 11) is 0. The van der Waals surface area contributed by atoms with Crippen LogP contribution in [-0.2, 0) is 0 Å². The smallest absolute Gasteiger partial charge is 0.0885 e. The summed E-state index contributed by atoms with van der Waals surface area (Å²) in [4.78, 5) is 1.10. The molecule has 1 fully saturated rings. The van der Waals surface area contributed by atoms with E-state index in [2.05, 4.69) is 15.9 Å². The fraction of sp³-hybridized carbons (Fsp3) is 0.636. The van der Waals surface area contributed by atoms with Gasteiger partial charge in [0.1, 0.15) is 0 Å².